The van der Waals surface area contributed by atoms with E-state index in [1.54, 1.807) is 5.57 Å². The van der Waals surface area contributed by atoms with Crippen molar-refractivity contribution < 1.29 is 23.7 Å². The van der Waals surface area contributed by atoms with E-state index in [9.17, 15) is 4.79 Å². The van der Waals surface area contributed by atoms with Crippen LogP contribution >= 0.6 is 0 Å². The quantitative estimate of drug-likeness (QED) is 0.598. The minimum atomic E-state index is -0.382. The van der Waals surface area contributed by atoms with Gasteiger partial charge in [-0.2, -0.15) is 0 Å². The first-order valence-corrected chi connectivity index (χ1v) is 12.6. The van der Waals surface area contributed by atoms with Gasteiger partial charge in [-0.25, -0.2) is 0 Å². The molecule has 2 heterocycles. The summed E-state index contributed by atoms with van der Waals surface area (Å²) in [6.45, 7) is 7.66. The lowest BCUT2D eigenvalue weighted by Crippen LogP contribution is -2.46. The summed E-state index contributed by atoms with van der Waals surface area (Å²) >= 11 is 0. The first kappa shape index (κ1) is 20.8. The number of ketones is 1. The first-order valence-electron chi connectivity index (χ1n) is 12.6. The maximum absolute atomic E-state index is 11.7. The second kappa shape index (κ2) is 7.38. The van der Waals surface area contributed by atoms with Gasteiger partial charge in [0.2, 0.25) is 0 Å². The van der Waals surface area contributed by atoms with Crippen LogP contribution in [0.2, 0.25) is 0 Å². The van der Waals surface area contributed by atoms with Gasteiger partial charge in [0.25, 0.3) is 0 Å². The van der Waals surface area contributed by atoms with Crippen LogP contribution in [0.15, 0.2) is 11.6 Å². The maximum Gasteiger partial charge on any atom is 0.168 e. The Morgan fingerprint density at radius 3 is 1.81 bits per heavy atom. The highest BCUT2D eigenvalue weighted by Crippen LogP contribution is 2.54. The molecule has 4 aliphatic carbocycles. The highest BCUT2D eigenvalue weighted by Gasteiger charge is 2.54. The molecule has 6 fully saturated rings. The van der Waals surface area contributed by atoms with Crippen molar-refractivity contribution in [3.05, 3.63) is 11.6 Å². The van der Waals surface area contributed by atoms with Gasteiger partial charge >= 0.3 is 0 Å². The summed E-state index contributed by atoms with van der Waals surface area (Å²) in [4.78, 5) is 11.7. The van der Waals surface area contributed by atoms with Crippen molar-refractivity contribution in [2.75, 3.05) is 26.4 Å². The van der Waals surface area contributed by atoms with E-state index in [4.69, 9.17) is 18.9 Å². The average molecular weight is 431 g/mol. The molecule has 4 saturated carbocycles. The summed E-state index contributed by atoms with van der Waals surface area (Å²) in [5.74, 6) is 2.64. The number of ether oxygens (including phenoxy) is 4. The monoisotopic (exact) mass is 430 g/mol. The number of carbonyl (C=O) groups is 1. The fourth-order valence-electron chi connectivity index (χ4n) is 7.29. The van der Waals surface area contributed by atoms with Crippen molar-refractivity contribution in [2.24, 2.45) is 35.0 Å². The summed E-state index contributed by atoms with van der Waals surface area (Å²) in [5, 5.41) is 0. The van der Waals surface area contributed by atoms with Gasteiger partial charge in [-0.1, -0.05) is 25.5 Å². The molecule has 4 atom stereocenters. The van der Waals surface area contributed by atoms with E-state index < -0.39 is 0 Å². The van der Waals surface area contributed by atoms with Crippen LogP contribution in [0.25, 0.3) is 0 Å². The molecule has 5 heteroatoms. The average Bonchev–Trinajstić information content (AvgIpc) is 3.42. The van der Waals surface area contributed by atoms with Gasteiger partial charge in [-0.05, 0) is 42.9 Å². The SMILES string of the molecule is CC1(C)COC2(CC3CC(=CCC4COC5(CC6CC(=O)CC6C5)OC4)CC3C2)OC1. The Morgan fingerprint density at radius 1 is 0.774 bits per heavy atom. The van der Waals surface area contributed by atoms with E-state index in [1.165, 1.54) is 12.8 Å². The van der Waals surface area contributed by atoms with Gasteiger partial charge in [0.05, 0.1) is 26.4 Å². The molecule has 0 N–H and O–H groups in total. The molecule has 0 radical (unpaired) electrons. The number of allylic oxidation sites excluding steroid dienone is 2. The summed E-state index contributed by atoms with van der Waals surface area (Å²) in [6.07, 6.45) is 11.4. The molecule has 5 nitrogen and oxygen atoms in total. The number of hydrogen-bond donors (Lipinski definition) is 0. The van der Waals surface area contributed by atoms with Gasteiger partial charge < -0.3 is 18.9 Å². The smallest absolute Gasteiger partial charge is 0.168 e. The van der Waals surface area contributed by atoms with Gasteiger partial charge in [-0.3, -0.25) is 4.79 Å². The standard InChI is InChI=1S/C26H38O5/c1-24(2)15-30-26(31-16-24)9-19-5-17(6-20(19)10-26)3-4-18-13-28-25(29-14-18)11-21-7-23(27)8-22(21)12-25/h3,18-22H,4-16H2,1-2H3. The third kappa shape index (κ3) is 3.94. The van der Waals surface area contributed by atoms with Crippen molar-refractivity contribution in [1.29, 1.82) is 0 Å². The minimum Gasteiger partial charge on any atom is -0.350 e. The zero-order valence-electron chi connectivity index (χ0n) is 19.2. The predicted octanol–water partition coefficient (Wildman–Crippen LogP) is 4.64. The van der Waals surface area contributed by atoms with Crippen LogP contribution in [-0.4, -0.2) is 43.8 Å². The van der Waals surface area contributed by atoms with E-state index in [-0.39, 0.29) is 17.0 Å². The number of hydrogen-bond acceptors (Lipinski definition) is 5. The summed E-state index contributed by atoms with van der Waals surface area (Å²) in [7, 11) is 0. The van der Waals surface area contributed by atoms with Gasteiger partial charge in [0.15, 0.2) is 11.6 Å². The lowest BCUT2D eigenvalue weighted by molar-refractivity contribution is -0.297. The van der Waals surface area contributed by atoms with Crippen LogP contribution in [0.5, 0.6) is 0 Å². The maximum atomic E-state index is 11.7. The highest BCUT2D eigenvalue weighted by molar-refractivity contribution is 5.81. The van der Waals surface area contributed by atoms with E-state index in [1.807, 2.05) is 0 Å². The highest BCUT2D eigenvalue weighted by atomic mass is 16.7. The largest absolute Gasteiger partial charge is 0.350 e. The molecule has 0 aromatic rings. The number of rotatable bonds is 2. The molecule has 0 aromatic carbocycles. The number of Topliss-reactive ketones (excluding diaryl/α,β-unsaturated/α-hetero) is 1. The molecule has 0 aromatic heterocycles. The van der Waals surface area contributed by atoms with Crippen LogP contribution in [0.3, 0.4) is 0 Å². The van der Waals surface area contributed by atoms with Crippen LogP contribution in [0, 0.1) is 35.0 Å². The van der Waals surface area contributed by atoms with Gasteiger partial charge in [0, 0.05) is 49.9 Å². The fraction of sp³-hybridized carbons (Fsp3) is 0.885. The van der Waals surface area contributed by atoms with Crippen LogP contribution in [-0.2, 0) is 23.7 Å². The lowest BCUT2D eigenvalue weighted by atomic mass is 9.93. The van der Waals surface area contributed by atoms with Crippen molar-refractivity contribution in [1.82, 2.24) is 0 Å². The van der Waals surface area contributed by atoms with Crippen LogP contribution in [0.1, 0.15) is 71.6 Å². The van der Waals surface area contributed by atoms with Crippen molar-refractivity contribution in [3.63, 3.8) is 0 Å². The Bertz CT molecular complexity index is 716. The third-order valence-electron chi connectivity index (χ3n) is 9.01. The summed E-state index contributed by atoms with van der Waals surface area (Å²) < 4.78 is 25.1. The van der Waals surface area contributed by atoms with E-state index >= 15 is 0 Å². The molecule has 31 heavy (non-hydrogen) atoms. The Balaban J connectivity index is 0.974. The molecule has 2 saturated heterocycles. The van der Waals surface area contributed by atoms with Gasteiger partial charge in [0.1, 0.15) is 5.78 Å². The Labute approximate surface area is 186 Å². The summed E-state index contributed by atoms with van der Waals surface area (Å²) in [5.41, 5.74) is 1.76. The van der Waals surface area contributed by atoms with E-state index in [2.05, 4.69) is 19.9 Å². The Hall–Kier alpha value is -0.750. The summed E-state index contributed by atoms with van der Waals surface area (Å²) in [6, 6.07) is 0. The third-order valence-corrected chi connectivity index (χ3v) is 9.01. The molecule has 2 aliphatic heterocycles. The van der Waals surface area contributed by atoms with Gasteiger partial charge in [-0.15, -0.1) is 0 Å². The lowest BCUT2D eigenvalue weighted by Gasteiger charge is -2.42. The van der Waals surface area contributed by atoms with Crippen LogP contribution < -0.4 is 0 Å². The molecule has 0 amide bonds. The minimum absolute atomic E-state index is 0.144. The number of carbonyl (C=O) groups excluding carboxylic acids is 1. The molecule has 172 valence electrons. The van der Waals surface area contributed by atoms with Crippen molar-refractivity contribution in [2.45, 2.75) is 83.2 Å². The second-order valence-corrected chi connectivity index (χ2v) is 12.4. The molecule has 6 aliphatic rings. The molecule has 4 unspecified atom stereocenters. The number of fused-ring (bicyclic) bond motifs is 2. The van der Waals surface area contributed by atoms with Crippen LogP contribution in [0.4, 0.5) is 0 Å². The zero-order chi connectivity index (χ0) is 21.3. The molecular weight excluding hydrogens is 392 g/mol. The molecular formula is C26H38O5. The van der Waals surface area contributed by atoms with E-state index in [0.29, 0.717) is 23.5 Å². The zero-order valence-corrected chi connectivity index (χ0v) is 19.2. The Kier molecular flexibility index (Phi) is 4.96. The fourth-order valence-corrected chi connectivity index (χ4v) is 7.29. The first-order chi connectivity index (χ1) is 14.8. The Morgan fingerprint density at radius 2 is 1.26 bits per heavy atom. The topological polar surface area (TPSA) is 54.0 Å². The predicted molar refractivity (Wildman–Crippen MR) is 115 cm³/mol. The normalized spacial score (nSPS) is 45.4. The molecule has 6 rings (SSSR count). The molecule has 0 bridgehead atoms. The van der Waals surface area contributed by atoms with Crippen molar-refractivity contribution in [3.8, 4) is 0 Å². The van der Waals surface area contributed by atoms with Crippen molar-refractivity contribution >= 4 is 5.78 Å². The second-order valence-electron chi connectivity index (χ2n) is 12.4. The molecule has 2 spiro atoms. The van der Waals surface area contributed by atoms with E-state index in [0.717, 1.165) is 83.2 Å².